The molecule has 8 saturated heterocycles. The molecule has 8 aliphatic heterocycles. The number of nitrogens with one attached hydrogen (secondary N) is 4. The maximum atomic E-state index is 12.9. The number of hydrogen-bond donors (Lipinski definition) is 6. The van der Waals surface area contributed by atoms with E-state index >= 15 is 0 Å². The Kier molecular flexibility index (Phi) is 34.1. The van der Waals surface area contributed by atoms with E-state index in [4.69, 9.17) is 129 Å². The van der Waals surface area contributed by atoms with E-state index < -0.39 is 180 Å². The van der Waals surface area contributed by atoms with E-state index in [0.717, 1.165) is 66.1 Å². The quantitative estimate of drug-likeness (QED) is 0.0167. The van der Waals surface area contributed by atoms with Gasteiger partial charge >= 0.3 is 66.0 Å². The van der Waals surface area contributed by atoms with Gasteiger partial charge in [0.25, 0.3) is 22.2 Å². The zero-order valence-electron chi connectivity index (χ0n) is 67.7. The number of nitrogens with zero attached hydrogens (tertiary/aromatic N) is 4. The van der Waals surface area contributed by atoms with Crippen molar-refractivity contribution in [3.8, 4) is 0 Å². The van der Waals surface area contributed by atoms with Crippen molar-refractivity contribution in [3.63, 3.8) is 0 Å². The molecule has 8 aliphatic rings. The minimum Gasteiger partial charge on any atom is -0.463 e. The number of phosphoric ester groups is 4. The molecule has 0 amide bonds. The molecular weight excluding hydrogens is 1830 g/mol. The van der Waals surface area contributed by atoms with E-state index in [2.05, 4.69) is 19.9 Å². The van der Waals surface area contributed by atoms with Crippen LogP contribution in [0.4, 0.5) is 0 Å². The molecule has 122 heavy (non-hydrogen) atoms. The van der Waals surface area contributed by atoms with Gasteiger partial charge in [0.15, 0.2) is 35.1 Å². The Morgan fingerprint density at radius 3 is 0.885 bits per heavy atom. The Bertz CT molecular complexity index is 4800. The van der Waals surface area contributed by atoms with Crippen molar-refractivity contribution in [3.05, 3.63) is 132 Å². The second kappa shape index (κ2) is 41.2. The third-order valence-electron chi connectivity index (χ3n) is 19.0. The third kappa shape index (κ3) is 24.9. The first-order chi connectivity index (χ1) is 56.8. The van der Waals surface area contributed by atoms with Gasteiger partial charge in [-0.15, -0.1) is 46.4 Å². The van der Waals surface area contributed by atoms with Crippen LogP contribution in [0.15, 0.2) is 87.4 Å². The third-order valence-corrected chi connectivity index (χ3v) is 28.8. The lowest BCUT2D eigenvalue weighted by Gasteiger charge is -2.34. The molecule has 44 nitrogen and oxygen atoms in total. The van der Waals surface area contributed by atoms with E-state index in [1.54, 1.807) is 83.1 Å². The molecule has 0 radical (unpaired) electrons. The number of rotatable bonds is 28. The number of fused-ring (bicyclic) bond motifs is 4. The Balaban J connectivity index is 0.000000185. The number of aromatic nitrogens is 8. The van der Waals surface area contributed by atoms with Crippen LogP contribution in [0.25, 0.3) is 0 Å². The number of alkyl halides is 4. The van der Waals surface area contributed by atoms with Crippen molar-refractivity contribution in [2.24, 2.45) is 10.8 Å². The molecule has 0 aliphatic carbocycles. The van der Waals surface area contributed by atoms with Crippen LogP contribution >= 0.6 is 101 Å². The van der Waals surface area contributed by atoms with Crippen LogP contribution in [0.5, 0.6) is 0 Å². The van der Waals surface area contributed by atoms with E-state index in [1.807, 2.05) is 0 Å². The molecule has 20 atom stereocenters. The van der Waals surface area contributed by atoms with E-state index in [-0.39, 0.29) is 138 Å². The molecular formula is C68H96Cl4N8O36P4S2. The molecule has 684 valence electrons. The molecule has 0 spiro atoms. The van der Waals surface area contributed by atoms with E-state index in [0.29, 0.717) is 0 Å². The van der Waals surface area contributed by atoms with E-state index in [1.165, 1.54) is 24.8 Å². The second-order valence-corrected chi connectivity index (χ2v) is 42.7. The van der Waals surface area contributed by atoms with Crippen LogP contribution in [0, 0.1) is 10.8 Å². The van der Waals surface area contributed by atoms with Gasteiger partial charge in [0, 0.05) is 73.4 Å². The maximum Gasteiger partial charge on any atom is 0.475 e. The monoisotopic (exact) mass is 1930 g/mol. The van der Waals surface area contributed by atoms with Gasteiger partial charge in [-0.05, 0) is 95.9 Å². The summed E-state index contributed by atoms with van der Waals surface area (Å²) >= 11 is 28.4. The molecule has 4 aromatic rings. The number of phosphoric acid groups is 4. The molecule has 4 aromatic heterocycles. The summed E-state index contributed by atoms with van der Waals surface area (Å²) in [5, 5.41) is 18.0. The normalized spacial score (nSPS) is 33.3. The van der Waals surface area contributed by atoms with E-state index in [9.17, 15) is 86.0 Å². The molecule has 0 saturated carbocycles. The van der Waals surface area contributed by atoms with Crippen molar-refractivity contribution in [1.82, 2.24) is 38.2 Å². The Morgan fingerprint density at radius 1 is 0.443 bits per heavy atom. The summed E-state index contributed by atoms with van der Waals surface area (Å²) in [5.74, 6) is -0.415. The number of hydrogen-bond acceptors (Lipinski definition) is 38. The lowest BCUT2D eigenvalue weighted by molar-refractivity contribution is -0.148. The van der Waals surface area contributed by atoms with Gasteiger partial charge in [-0.25, -0.2) is 37.4 Å². The maximum absolute atomic E-state index is 12.9. The highest BCUT2D eigenvalue weighted by Gasteiger charge is 2.64. The lowest BCUT2D eigenvalue weighted by atomic mass is 9.97. The van der Waals surface area contributed by atoms with Crippen molar-refractivity contribution < 1.29 is 130 Å². The number of carbonyl (C=O) groups is 4. The van der Waals surface area contributed by atoms with Crippen LogP contribution in [0.1, 0.15) is 134 Å². The summed E-state index contributed by atoms with van der Waals surface area (Å²) in [6.07, 6.45) is -5.26. The smallest absolute Gasteiger partial charge is 0.463 e. The highest BCUT2D eigenvalue weighted by atomic mass is 35.5. The summed E-state index contributed by atoms with van der Waals surface area (Å²) in [6.45, 7) is 18.2. The highest BCUT2D eigenvalue weighted by molar-refractivity contribution is 8.14. The fourth-order valence-electron chi connectivity index (χ4n) is 12.6. The minimum absolute atomic E-state index is 0.0511. The number of ether oxygens (including phenoxy) is 6. The van der Waals surface area contributed by atoms with Crippen LogP contribution in [0.2, 0.25) is 0 Å². The van der Waals surface area contributed by atoms with Crippen LogP contribution in [-0.2, 0) is 120 Å². The summed E-state index contributed by atoms with van der Waals surface area (Å²) < 4.78 is 153. The molecule has 0 bridgehead atoms. The standard InChI is InChI=1S/2C17H24ClN2O9PS.2C17H24ClN2O9P/c2*1-16(2,9-21)14(23)31-7-6-26-30(25)27-8-10-12(29-30)17(3,18)13(28-10)20-5-4-11(22)19-15(20)24;2*1-10(2)27-13(22)5-4-8-25-30(24)26-9-11-14(29-30)17(3,18)15(28-11)20-7-6-12(21)19-16(20)23/h2*4-5,10,12-13,21H,6-9H2,1-3H3,(H,19,22,24);2*6-7,10-11,14-15H,4-5,8-9H2,1-3H3,(H,19,21,23)/t10-,12-,13-,17-,30?;10-,12-,13-,17-,30+;11-,14-,15-,17-,30+;11-,14-,15-,17-,30-/m1111/s1. The zero-order valence-corrected chi connectivity index (χ0v) is 75.9. The van der Waals surface area contributed by atoms with Crippen molar-refractivity contribution >= 4 is 123 Å². The number of aliphatic hydroxyl groups excluding tert-OH is 2. The number of halogens is 4. The predicted molar refractivity (Wildman–Crippen MR) is 433 cm³/mol. The van der Waals surface area contributed by atoms with Gasteiger partial charge in [0.05, 0.1) is 89.1 Å². The summed E-state index contributed by atoms with van der Waals surface area (Å²) in [4.78, 5) is 144. The Hall–Kier alpha value is -4.94. The number of aromatic amines is 4. The molecule has 12 heterocycles. The minimum atomic E-state index is -3.99. The molecule has 0 aromatic carbocycles. The first-order valence-electron chi connectivity index (χ1n) is 37.7. The topological polar surface area (TPSA) is 563 Å². The average Bonchev–Trinajstić information content (AvgIpc) is 1.61. The van der Waals surface area contributed by atoms with Crippen LogP contribution in [0.3, 0.4) is 0 Å². The fraction of sp³-hybridized carbons (Fsp3) is 0.706. The van der Waals surface area contributed by atoms with Crippen molar-refractivity contribution in [1.29, 1.82) is 0 Å². The SMILES string of the molecule is CC(C)(CO)C(=O)SCCOP1(=O)OC[C@H]2O[C@@H](n3ccc(=O)[nH]c3=O)[C@](C)(Cl)[C@@H]2O1.CC(C)(CO)C(=O)SCCO[P@@]1(=O)OC[C@H]2O[C@@H](n3ccc(=O)[nH]c3=O)[C@](C)(Cl)[C@@H]2O1.CC(C)OC(=O)CCCO[P@@]1(=O)OC[C@H]2O[C@@H](n3ccc(=O)[nH]c3=O)[C@](C)(Cl)[C@@H]2O1.CC(C)OC(=O)CCCO[P@]1(=O)OC[C@H]2O[C@@H](n3ccc(=O)[nH]c3=O)[C@](C)(Cl)[C@@H]2O1. The first-order valence-corrected chi connectivity index (χ1v) is 47.0. The zero-order chi connectivity index (χ0) is 90.3. The highest BCUT2D eigenvalue weighted by Crippen LogP contribution is 2.64. The van der Waals surface area contributed by atoms with Gasteiger partial charge in [-0.2, -0.15) is 0 Å². The molecule has 6 N–H and O–H groups in total. The number of aliphatic hydroxyl groups is 2. The largest absolute Gasteiger partial charge is 0.475 e. The number of carbonyl (C=O) groups excluding carboxylic acids is 4. The first kappa shape index (κ1) is 101. The van der Waals surface area contributed by atoms with Gasteiger partial charge in [0.2, 0.25) is 0 Å². The summed E-state index contributed by atoms with van der Waals surface area (Å²) in [5.41, 5.74) is -6.86. The van der Waals surface area contributed by atoms with Gasteiger partial charge in [-0.3, -0.25) is 131 Å². The van der Waals surface area contributed by atoms with Crippen LogP contribution < -0.4 is 45.0 Å². The average molecular weight is 1930 g/mol. The van der Waals surface area contributed by atoms with Gasteiger partial charge < -0.3 is 38.6 Å². The Morgan fingerprint density at radius 2 is 0.672 bits per heavy atom. The van der Waals surface area contributed by atoms with Gasteiger partial charge in [0.1, 0.15) is 68.3 Å². The molecule has 8 fully saturated rings. The van der Waals surface area contributed by atoms with Crippen LogP contribution in [-0.4, -0.2) is 229 Å². The summed E-state index contributed by atoms with van der Waals surface area (Å²) in [6, 6.07) is 4.63. The predicted octanol–water partition coefficient (Wildman–Crippen LogP) is 5.91. The number of thioether (sulfide) groups is 2. The number of H-pyrrole nitrogens is 4. The summed E-state index contributed by atoms with van der Waals surface area (Å²) in [7, 11) is -15.9. The molecule has 12 rings (SSSR count). The second-order valence-electron chi connectivity index (χ2n) is 30.8. The fourth-order valence-corrected chi connectivity index (χ4v) is 22.1. The molecule has 1 unspecified atom stereocenters. The lowest BCUT2D eigenvalue weighted by Crippen LogP contribution is -2.45. The Labute approximate surface area is 722 Å². The molecule has 54 heteroatoms. The van der Waals surface area contributed by atoms with Crippen molar-refractivity contribution in [2.45, 2.75) is 214 Å². The number of esters is 2. The van der Waals surface area contributed by atoms with Gasteiger partial charge in [-0.1, -0.05) is 23.5 Å². The van der Waals surface area contributed by atoms with Crippen molar-refractivity contribution in [2.75, 3.05) is 77.6 Å².